The lowest BCUT2D eigenvalue weighted by Crippen LogP contribution is -2.46. The maximum Gasteiger partial charge on any atom is 0.317 e. The zero-order valence-electron chi connectivity index (χ0n) is 15.6. The maximum absolute atomic E-state index is 13.9. The first-order valence-electron chi connectivity index (χ1n) is 9.30. The predicted molar refractivity (Wildman–Crippen MR) is 103 cm³/mol. The maximum atomic E-state index is 13.9. The SMILES string of the molecule is C[C@@H](NC(=O)N1CCC(C(=O)Nc2ccccc2)CC1)c1ccc(F)cc1F. The lowest BCUT2D eigenvalue weighted by molar-refractivity contribution is -0.121. The van der Waals surface area contributed by atoms with Crippen molar-refractivity contribution >= 4 is 17.6 Å². The molecule has 0 aliphatic carbocycles. The summed E-state index contributed by atoms with van der Waals surface area (Å²) in [7, 11) is 0. The molecule has 3 amide bonds. The monoisotopic (exact) mass is 387 g/mol. The van der Waals surface area contributed by atoms with Gasteiger partial charge in [-0.3, -0.25) is 4.79 Å². The van der Waals surface area contributed by atoms with E-state index in [0.29, 0.717) is 25.9 Å². The topological polar surface area (TPSA) is 61.4 Å². The van der Waals surface area contributed by atoms with Gasteiger partial charge in [0.15, 0.2) is 0 Å². The molecule has 1 heterocycles. The highest BCUT2D eigenvalue weighted by Gasteiger charge is 2.28. The number of piperidine rings is 1. The van der Waals surface area contributed by atoms with Gasteiger partial charge < -0.3 is 15.5 Å². The molecule has 2 aromatic rings. The van der Waals surface area contributed by atoms with Crippen LogP contribution in [0.2, 0.25) is 0 Å². The molecule has 0 aromatic heterocycles. The van der Waals surface area contributed by atoms with E-state index in [1.165, 1.54) is 6.07 Å². The summed E-state index contributed by atoms with van der Waals surface area (Å²) in [6.07, 6.45) is 1.12. The molecule has 3 rings (SSSR count). The van der Waals surface area contributed by atoms with Gasteiger partial charge in [0.05, 0.1) is 6.04 Å². The van der Waals surface area contributed by atoms with Crippen molar-refractivity contribution in [3.8, 4) is 0 Å². The summed E-state index contributed by atoms with van der Waals surface area (Å²) < 4.78 is 26.9. The van der Waals surface area contributed by atoms with Crippen molar-refractivity contribution in [1.29, 1.82) is 0 Å². The number of hydrogen-bond acceptors (Lipinski definition) is 2. The fraction of sp³-hybridized carbons (Fsp3) is 0.333. The van der Waals surface area contributed by atoms with Crippen molar-refractivity contribution < 1.29 is 18.4 Å². The Morgan fingerprint density at radius 1 is 1.07 bits per heavy atom. The van der Waals surface area contributed by atoms with Crippen molar-refractivity contribution in [3.05, 3.63) is 65.7 Å². The smallest absolute Gasteiger partial charge is 0.317 e. The van der Waals surface area contributed by atoms with E-state index in [9.17, 15) is 18.4 Å². The van der Waals surface area contributed by atoms with Gasteiger partial charge in [-0.2, -0.15) is 0 Å². The van der Waals surface area contributed by atoms with E-state index in [1.807, 2.05) is 30.3 Å². The third kappa shape index (κ3) is 4.85. The molecule has 0 spiro atoms. The Hall–Kier alpha value is -2.96. The Morgan fingerprint density at radius 3 is 2.39 bits per heavy atom. The molecule has 5 nitrogen and oxygen atoms in total. The van der Waals surface area contributed by atoms with Gasteiger partial charge >= 0.3 is 6.03 Å². The Balaban J connectivity index is 1.50. The molecule has 0 bridgehead atoms. The van der Waals surface area contributed by atoms with Crippen LogP contribution in [0.1, 0.15) is 31.4 Å². The summed E-state index contributed by atoms with van der Waals surface area (Å²) in [4.78, 5) is 26.4. The molecule has 28 heavy (non-hydrogen) atoms. The Morgan fingerprint density at radius 2 is 1.75 bits per heavy atom. The number of para-hydroxylation sites is 1. The number of benzene rings is 2. The van der Waals surface area contributed by atoms with Crippen LogP contribution >= 0.6 is 0 Å². The summed E-state index contributed by atoms with van der Waals surface area (Å²) in [5.41, 5.74) is 0.981. The molecular weight excluding hydrogens is 364 g/mol. The molecule has 0 radical (unpaired) electrons. The number of amides is 3. The number of carbonyl (C=O) groups is 2. The second-order valence-corrected chi connectivity index (χ2v) is 6.95. The molecule has 0 saturated carbocycles. The van der Waals surface area contributed by atoms with Crippen molar-refractivity contribution in [2.75, 3.05) is 18.4 Å². The van der Waals surface area contributed by atoms with Gasteiger partial charge in [-0.05, 0) is 38.0 Å². The average Bonchev–Trinajstić information content (AvgIpc) is 2.68. The number of nitrogens with zero attached hydrogens (tertiary/aromatic N) is 1. The number of carbonyl (C=O) groups excluding carboxylic acids is 2. The number of anilines is 1. The number of urea groups is 1. The van der Waals surface area contributed by atoms with E-state index < -0.39 is 17.7 Å². The van der Waals surface area contributed by atoms with Crippen molar-refractivity contribution in [2.45, 2.75) is 25.8 Å². The fourth-order valence-corrected chi connectivity index (χ4v) is 3.32. The van der Waals surface area contributed by atoms with Gasteiger partial charge in [0.1, 0.15) is 11.6 Å². The van der Waals surface area contributed by atoms with Crippen LogP contribution in [-0.2, 0) is 4.79 Å². The molecular formula is C21H23F2N3O2. The van der Waals surface area contributed by atoms with Crippen molar-refractivity contribution in [1.82, 2.24) is 10.2 Å². The number of rotatable bonds is 4. The molecule has 1 saturated heterocycles. The quantitative estimate of drug-likeness (QED) is 0.830. The van der Waals surface area contributed by atoms with Gasteiger partial charge in [-0.25, -0.2) is 13.6 Å². The first kappa shape index (κ1) is 19.8. The van der Waals surface area contributed by atoms with Crippen LogP contribution in [0.25, 0.3) is 0 Å². The predicted octanol–water partition coefficient (Wildman–Crippen LogP) is 4.09. The number of likely N-dealkylation sites (tertiary alicyclic amines) is 1. The summed E-state index contributed by atoms with van der Waals surface area (Å²) in [6, 6.07) is 11.6. The minimum Gasteiger partial charge on any atom is -0.331 e. The van der Waals surface area contributed by atoms with Gasteiger partial charge in [0.25, 0.3) is 0 Å². The molecule has 1 aliphatic rings. The lowest BCUT2D eigenvalue weighted by Gasteiger charge is -2.32. The largest absolute Gasteiger partial charge is 0.331 e. The van der Waals surface area contributed by atoms with E-state index in [4.69, 9.17) is 0 Å². The molecule has 1 fully saturated rings. The normalized spacial score (nSPS) is 15.8. The highest BCUT2D eigenvalue weighted by atomic mass is 19.1. The molecule has 1 aliphatic heterocycles. The van der Waals surface area contributed by atoms with E-state index in [1.54, 1.807) is 11.8 Å². The highest BCUT2D eigenvalue weighted by Crippen LogP contribution is 2.21. The highest BCUT2D eigenvalue weighted by molar-refractivity contribution is 5.92. The summed E-state index contributed by atoms with van der Waals surface area (Å²) in [5.74, 6) is -1.55. The first-order valence-corrected chi connectivity index (χ1v) is 9.30. The molecule has 2 N–H and O–H groups in total. The van der Waals surface area contributed by atoms with Crippen LogP contribution in [0.4, 0.5) is 19.3 Å². The van der Waals surface area contributed by atoms with E-state index in [-0.39, 0.29) is 23.4 Å². The van der Waals surface area contributed by atoms with Crippen LogP contribution in [0.5, 0.6) is 0 Å². The van der Waals surface area contributed by atoms with Crippen molar-refractivity contribution in [3.63, 3.8) is 0 Å². The zero-order chi connectivity index (χ0) is 20.1. The third-order valence-electron chi connectivity index (χ3n) is 4.96. The minimum atomic E-state index is -0.691. The van der Waals surface area contributed by atoms with Crippen molar-refractivity contribution in [2.24, 2.45) is 5.92 Å². The number of nitrogens with one attached hydrogen (secondary N) is 2. The second kappa shape index (κ2) is 8.82. The van der Waals surface area contributed by atoms with Crippen LogP contribution in [0, 0.1) is 17.6 Å². The third-order valence-corrected chi connectivity index (χ3v) is 4.96. The van der Waals surface area contributed by atoms with E-state index in [0.717, 1.165) is 17.8 Å². The van der Waals surface area contributed by atoms with Crippen LogP contribution in [-0.4, -0.2) is 29.9 Å². The summed E-state index contributed by atoms with van der Waals surface area (Å²) in [5, 5.41) is 5.62. The van der Waals surface area contributed by atoms with Gasteiger partial charge in [0.2, 0.25) is 5.91 Å². The number of hydrogen-bond donors (Lipinski definition) is 2. The minimum absolute atomic E-state index is 0.0481. The van der Waals surface area contributed by atoms with Crippen LogP contribution in [0.3, 0.4) is 0 Å². The standard InChI is InChI=1S/C21H23F2N3O2/c1-14(18-8-7-16(22)13-19(18)23)24-21(28)26-11-9-15(10-12-26)20(27)25-17-5-3-2-4-6-17/h2-8,13-15H,9-12H2,1H3,(H,24,28)(H,25,27)/t14-/m1/s1. The average molecular weight is 387 g/mol. The van der Waals surface area contributed by atoms with E-state index in [2.05, 4.69) is 10.6 Å². The molecule has 1 atom stereocenters. The first-order chi connectivity index (χ1) is 13.4. The second-order valence-electron chi connectivity index (χ2n) is 6.95. The molecule has 148 valence electrons. The van der Waals surface area contributed by atoms with Gasteiger partial charge in [0, 0.05) is 36.3 Å². The Bertz CT molecular complexity index is 837. The molecule has 2 aromatic carbocycles. The van der Waals surface area contributed by atoms with Gasteiger partial charge in [-0.15, -0.1) is 0 Å². The van der Waals surface area contributed by atoms with Gasteiger partial charge in [-0.1, -0.05) is 24.3 Å². The Kier molecular flexibility index (Phi) is 6.23. The van der Waals surface area contributed by atoms with Crippen LogP contribution in [0.15, 0.2) is 48.5 Å². The fourth-order valence-electron chi connectivity index (χ4n) is 3.32. The zero-order valence-corrected chi connectivity index (χ0v) is 15.6. The Labute approximate surface area is 162 Å². The molecule has 7 heteroatoms. The summed E-state index contributed by atoms with van der Waals surface area (Å²) >= 11 is 0. The number of halogens is 2. The summed E-state index contributed by atoms with van der Waals surface area (Å²) in [6.45, 7) is 2.53. The van der Waals surface area contributed by atoms with Crippen LogP contribution < -0.4 is 10.6 Å². The lowest BCUT2D eigenvalue weighted by atomic mass is 9.96. The molecule has 0 unspecified atom stereocenters. The van der Waals surface area contributed by atoms with E-state index >= 15 is 0 Å².